The van der Waals surface area contributed by atoms with Gasteiger partial charge in [0, 0.05) is 49.7 Å². The lowest BCUT2D eigenvalue weighted by molar-refractivity contribution is -0.123. The molecule has 0 bridgehead atoms. The number of amides is 2. The molecule has 2 amide bonds. The molecule has 0 saturated carbocycles. The van der Waals surface area contributed by atoms with Crippen LogP contribution in [-0.2, 0) is 14.3 Å². The van der Waals surface area contributed by atoms with Gasteiger partial charge in [-0.3, -0.25) is 14.5 Å². The summed E-state index contributed by atoms with van der Waals surface area (Å²) in [5.41, 5.74) is 8.44. The van der Waals surface area contributed by atoms with E-state index in [2.05, 4.69) is 11.0 Å². The SMILES string of the molecule is CCOCCCN1C(=O)/C(=C/c2cc3cccc(C)c3nc2N2CCC(C(N)=O)CC2)SC1=S. The topological polar surface area (TPSA) is 88.8 Å². The van der Waals surface area contributed by atoms with Crippen LogP contribution in [-0.4, -0.2) is 58.9 Å². The van der Waals surface area contributed by atoms with Crippen LogP contribution in [0.25, 0.3) is 17.0 Å². The van der Waals surface area contributed by atoms with Gasteiger partial charge in [0.2, 0.25) is 5.91 Å². The number of thioether (sulfide) groups is 1. The summed E-state index contributed by atoms with van der Waals surface area (Å²) in [5, 5.41) is 1.02. The lowest BCUT2D eigenvalue weighted by Gasteiger charge is -2.32. The largest absolute Gasteiger partial charge is 0.382 e. The van der Waals surface area contributed by atoms with Gasteiger partial charge in [-0.05, 0) is 50.8 Å². The van der Waals surface area contributed by atoms with E-state index >= 15 is 0 Å². The number of rotatable bonds is 8. The second-order valence-electron chi connectivity index (χ2n) is 8.60. The highest BCUT2D eigenvalue weighted by Crippen LogP contribution is 2.36. The van der Waals surface area contributed by atoms with Crippen LogP contribution in [0.15, 0.2) is 29.2 Å². The van der Waals surface area contributed by atoms with Crippen molar-refractivity contribution in [2.75, 3.05) is 37.7 Å². The van der Waals surface area contributed by atoms with Gasteiger partial charge in [0.15, 0.2) is 0 Å². The molecule has 1 aromatic carbocycles. The fourth-order valence-electron chi connectivity index (χ4n) is 4.39. The Kier molecular flexibility index (Phi) is 7.85. The fraction of sp³-hybridized carbons (Fsp3) is 0.440. The molecule has 0 unspecified atom stereocenters. The maximum atomic E-state index is 13.1. The van der Waals surface area contributed by atoms with Gasteiger partial charge in [0.25, 0.3) is 5.91 Å². The summed E-state index contributed by atoms with van der Waals surface area (Å²) < 4.78 is 5.97. The van der Waals surface area contributed by atoms with Crippen molar-refractivity contribution in [1.29, 1.82) is 0 Å². The molecule has 9 heteroatoms. The number of thiocarbonyl (C=S) groups is 1. The van der Waals surface area contributed by atoms with E-state index in [9.17, 15) is 9.59 Å². The van der Waals surface area contributed by atoms with Crippen molar-refractivity contribution < 1.29 is 14.3 Å². The summed E-state index contributed by atoms with van der Waals surface area (Å²) in [6.45, 7) is 7.19. The molecule has 2 aliphatic rings. The van der Waals surface area contributed by atoms with Crippen LogP contribution in [0.4, 0.5) is 5.82 Å². The summed E-state index contributed by atoms with van der Waals surface area (Å²) in [6, 6.07) is 8.19. The van der Waals surface area contributed by atoms with Crippen LogP contribution in [0.1, 0.15) is 37.3 Å². The van der Waals surface area contributed by atoms with Gasteiger partial charge in [0.05, 0.1) is 10.4 Å². The summed E-state index contributed by atoms with van der Waals surface area (Å²) in [6.07, 6.45) is 4.05. The molecular weight excluding hydrogens is 468 g/mol. The molecule has 0 radical (unpaired) electrons. The molecule has 0 atom stereocenters. The van der Waals surface area contributed by atoms with Crippen molar-refractivity contribution in [2.45, 2.75) is 33.1 Å². The Morgan fingerprint density at radius 1 is 1.35 bits per heavy atom. The van der Waals surface area contributed by atoms with Crippen LogP contribution in [0.5, 0.6) is 0 Å². The highest BCUT2D eigenvalue weighted by atomic mass is 32.2. The van der Waals surface area contributed by atoms with Crippen LogP contribution in [0.3, 0.4) is 0 Å². The van der Waals surface area contributed by atoms with E-state index in [-0.39, 0.29) is 17.7 Å². The standard InChI is InChI=1S/C25H30N4O3S2/c1-3-32-13-5-10-29-24(31)20(34-25(29)33)15-19-14-18-7-4-6-16(2)21(18)27-23(19)28-11-8-17(9-12-28)22(26)30/h4,6-7,14-15,17H,3,5,8-13H2,1-2H3,(H2,26,30)/b20-15-. The number of piperidine rings is 1. The fourth-order valence-corrected chi connectivity index (χ4v) is 5.69. The molecule has 2 saturated heterocycles. The number of para-hydroxylation sites is 1. The number of aromatic nitrogens is 1. The average Bonchev–Trinajstić information content (AvgIpc) is 3.09. The summed E-state index contributed by atoms with van der Waals surface area (Å²) in [7, 11) is 0. The number of anilines is 1. The van der Waals surface area contributed by atoms with Crippen LogP contribution in [0, 0.1) is 12.8 Å². The highest BCUT2D eigenvalue weighted by Gasteiger charge is 2.32. The number of fused-ring (bicyclic) bond motifs is 1. The highest BCUT2D eigenvalue weighted by molar-refractivity contribution is 8.26. The minimum absolute atomic E-state index is 0.0748. The third-order valence-electron chi connectivity index (χ3n) is 6.29. The molecule has 0 spiro atoms. The monoisotopic (exact) mass is 498 g/mol. The zero-order chi connectivity index (χ0) is 24.2. The van der Waals surface area contributed by atoms with Crippen molar-refractivity contribution in [1.82, 2.24) is 9.88 Å². The van der Waals surface area contributed by atoms with Gasteiger partial charge in [0.1, 0.15) is 10.1 Å². The average molecular weight is 499 g/mol. The van der Waals surface area contributed by atoms with Crippen molar-refractivity contribution in [2.24, 2.45) is 11.7 Å². The zero-order valence-electron chi connectivity index (χ0n) is 19.6. The first kappa shape index (κ1) is 24.6. The lowest BCUT2D eigenvalue weighted by atomic mass is 9.96. The van der Waals surface area contributed by atoms with Gasteiger partial charge in [-0.1, -0.05) is 42.2 Å². The molecule has 4 rings (SSSR count). The Morgan fingerprint density at radius 2 is 2.12 bits per heavy atom. The van der Waals surface area contributed by atoms with Crippen LogP contribution < -0.4 is 10.6 Å². The molecule has 34 heavy (non-hydrogen) atoms. The second kappa shape index (κ2) is 10.8. The lowest BCUT2D eigenvalue weighted by Crippen LogP contribution is -2.39. The summed E-state index contributed by atoms with van der Waals surface area (Å²) in [4.78, 5) is 34.2. The van der Waals surface area contributed by atoms with Gasteiger partial charge in [-0.25, -0.2) is 4.98 Å². The number of carbonyl (C=O) groups is 2. The molecule has 7 nitrogen and oxygen atoms in total. The van der Waals surface area contributed by atoms with E-state index in [0.717, 1.165) is 34.3 Å². The third kappa shape index (κ3) is 5.26. The van der Waals surface area contributed by atoms with Gasteiger partial charge >= 0.3 is 0 Å². The van der Waals surface area contributed by atoms with E-state index in [4.69, 9.17) is 27.7 Å². The van der Waals surface area contributed by atoms with E-state index in [1.165, 1.54) is 11.8 Å². The second-order valence-corrected chi connectivity index (χ2v) is 10.3. The normalized spacial score (nSPS) is 18.5. The number of nitrogens with two attached hydrogens (primary N) is 1. The first-order chi connectivity index (χ1) is 16.4. The first-order valence-electron chi connectivity index (χ1n) is 11.7. The minimum atomic E-state index is -0.241. The van der Waals surface area contributed by atoms with Crippen molar-refractivity contribution >= 4 is 62.9 Å². The van der Waals surface area contributed by atoms with Gasteiger partial charge in [-0.2, -0.15) is 0 Å². The number of nitrogens with zero attached hydrogens (tertiary/aromatic N) is 3. The number of carbonyl (C=O) groups excluding carboxylic acids is 2. The molecule has 2 aromatic rings. The molecule has 1 aromatic heterocycles. The van der Waals surface area contributed by atoms with Crippen LogP contribution >= 0.6 is 24.0 Å². The number of ether oxygens (including phenoxy) is 1. The Hall–Kier alpha value is -2.49. The van der Waals surface area contributed by atoms with Crippen molar-refractivity contribution in [3.8, 4) is 0 Å². The third-order valence-corrected chi connectivity index (χ3v) is 7.67. The maximum Gasteiger partial charge on any atom is 0.266 e. The van der Waals surface area contributed by atoms with Gasteiger partial charge < -0.3 is 15.4 Å². The minimum Gasteiger partial charge on any atom is -0.382 e. The number of pyridine rings is 1. The Balaban J connectivity index is 1.65. The Bertz CT molecular complexity index is 1140. The smallest absolute Gasteiger partial charge is 0.266 e. The Morgan fingerprint density at radius 3 is 2.82 bits per heavy atom. The molecule has 2 aliphatic heterocycles. The zero-order valence-corrected chi connectivity index (χ0v) is 21.2. The molecule has 180 valence electrons. The quantitative estimate of drug-likeness (QED) is 0.336. The predicted molar refractivity (Wildman–Crippen MR) is 142 cm³/mol. The molecule has 2 N–H and O–H groups in total. The molecule has 0 aliphatic carbocycles. The van der Waals surface area contributed by atoms with E-state index in [1.54, 1.807) is 4.90 Å². The van der Waals surface area contributed by atoms with Crippen molar-refractivity contribution in [3.63, 3.8) is 0 Å². The maximum absolute atomic E-state index is 13.1. The van der Waals surface area contributed by atoms with Gasteiger partial charge in [-0.15, -0.1) is 0 Å². The summed E-state index contributed by atoms with van der Waals surface area (Å²) in [5.74, 6) is 0.408. The first-order valence-corrected chi connectivity index (χ1v) is 12.9. The summed E-state index contributed by atoms with van der Waals surface area (Å²) >= 11 is 6.82. The number of aryl methyl sites for hydroxylation is 1. The van der Waals surface area contributed by atoms with E-state index < -0.39 is 0 Å². The van der Waals surface area contributed by atoms with Crippen LogP contribution in [0.2, 0.25) is 0 Å². The molecule has 3 heterocycles. The Labute approximate surface area is 209 Å². The molecule has 2 fully saturated rings. The number of benzene rings is 1. The van der Waals surface area contributed by atoms with E-state index in [0.29, 0.717) is 54.9 Å². The predicted octanol–water partition coefficient (Wildman–Crippen LogP) is 3.87. The van der Waals surface area contributed by atoms with E-state index in [1.807, 2.05) is 38.1 Å². The number of primary amides is 1. The van der Waals surface area contributed by atoms with Crippen molar-refractivity contribution in [3.05, 3.63) is 40.3 Å². The number of hydrogen-bond acceptors (Lipinski definition) is 7. The number of hydrogen-bond donors (Lipinski definition) is 1. The molecular formula is C25H30N4O3S2.